The Morgan fingerprint density at radius 3 is 3.00 bits per heavy atom. The normalized spacial score (nSPS) is 12.6. The molecule has 0 radical (unpaired) electrons. The summed E-state index contributed by atoms with van der Waals surface area (Å²) in [6.45, 7) is 4.40. The highest BCUT2D eigenvalue weighted by atomic mass is 15.1. The Morgan fingerprint density at radius 1 is 1.47 bits per heavy atom. The second-order valence-corrected chi connectivity index (χ2v) is 4.29. The predicted molar refractivity (Wildman–Crippen MR) is 69.5 cm³/mol. The second kappa shape index (κ2) is 4.99. The lowest BCUT2D eigenvalue weighted by molar-refractivity contribution is 0.504. The van der Waals surface area contributed by atoms with Gasteiger partial charge in [0.15, 0.2) is 0 Å². The fourth-order valence-electron chi connectivity index (χ4n) is 2.04. The van der Waals surface area contributed by atoms with E-state index in [2.05, 4.69) is 28.4 Å². The van der Waals surface area contributed by atoms with Gasteiger partial charge in [0.25, 0.3) is 0 Å². The molecule has 2 N–H and O–H groups in total. The molecule has 0 spiro atoms. The molecule has 0 saturated heterocycles. The highest BCUT2D eigenvalue weighted by Crippen LogP contribution is 2.24. The number of nitrogen functional groups attached to an aromatic ring is 1. The average Bonchev–Trinajstić information content (AvgIpc) is 2.78. The van der Waals surface area contributed by atoms with Crippen LogP contribution in [0.5, 0.6) is 0 Å². The van der Waals surface area contributed by atoms with Gasteiger partial charge in [0.1, 0.15) is 5.82 Å². The van der Waals surface area contributed by atoms with Crippen molar-refractivity contribution in [3.05, 3.63) is 30.9 Å². The first-order valence-corrected chi connectivity index (χ1v) is 5.96. The molecule has 4 heteroatoms. The zero-order valence-corrected chi connectivity index (χ0v) is 10.3. The van der Waals surface area contributed by atoms with E-state index in [1.165, 1.54) is 0 Å². The van der Waals surface area contributed by atoms with Crippen LogP contribution in [0.25, 0.3) is 11.3 Å². The van der Waals surface area contributed by atoms with Crippen molar-refractivity contribution in [3.63, 3.8) is 0 Å². The summed E-state index contributed by atoms with van der Waals surface area (Å²) in [4.78, 5) is 8.24. The number of anilines is 1. The first-order chi connectivity index (χ1) is 8.22. The maximum absolute atomic E-state index is 5.71. The standard InChI is InChI=1S/C13H18N4/c1-3-4-10(2)17-9-15-8-12(17)11-5-6-16-13(14)7-11/h5-10H,3-4H2,1-2H3,(H2,14,16). The lowest BCUT2D eigenvalue weighted by atomic mass is 10.1. The van der Waals surface area contributed by atoms with Crippen LogP contribution in [0.1, 0.15) is 32.7 Å². The van der Waals surface area contributed by atoms with Crippen LogP contribution >= 0.6 is 0 Å². The molecule has 1 unspecified atom stereocenters. The van der Waals surface area contributed by atoms with Gasteiger partial charge in [-0.2, -0.15) is 0 Å². The van der Waals surface area contributed by atoms with Gasteiger partial charge in [-0.3, -0.25) is 0 Å². The molecule has 0 aromatic carbocycles. The van der Waals surface area contributed by atoms with Crippen molar-refractivity contribution in [2.45, 2.75) is 32.7 Å². The summed E-state index contributed by atoms with van der Waals surface area (Å²) in [6.07, 6.45) is 7.79. The minimum Gasteiger partial charge on any atom is -0.384 e. The van der Waals surface area contributed by atoms with Crippen LogP contribution in [0, 0.1) is 0 Å². The summed E-state index contributed by atoms with van der Waals surface area (Å²) in [6, 6.07) is 4.29. The van der Waals surface area contributed by atoms with E-state index in [1.54, 1.807) is 6.20 Å². The molecule has 2 heterocycles. The van der Waals surface area contributed by atoms with Gasteiger partial charge in [-0.15, -0.1) is 0 Å². The fourth-order valence-corrected chi connectivity index (χ4v) is 2.04. The van der Waals surface area contributed by atoms with E-state index in [4.69, 9.17) is 5.73 Å². The van der Waals surface area contributed by atoms with Crippen LogP contribution < -0.4 is 5.73 Å². The third-order valence-corrected chi connectivity index (χ3v) is 2.92. The van der Waals surface area contributed by atoms with E-state index in [0.29, 0.717) is 11.9 Å². The van der Waals surface area contributed by atoms with Crippen LogP contribution in [-0.2, 0) is 0 Å². The number of pyridine rings is 1. The molecule has 90 valence electrons. The van der Waals surface area contributed by atoms with Crippen molar-refractivity contribution in [1.82, 2.24) is 14.5 Å². The molecule has 2 aromatic rings. The Balaban J connectivity index is 2.36. The summed E-state index contributed by atoms with van der Waals surface area (Å²) < 4.78 is 2.19. The number of rotatable bonds is 4. The molecule has 4 nitrogen and oxygen atoms in total. The smallest absolute Gasteiger partial charge is 0.123 e. The van der Waals surface area contributed by atoms with Crippen molar-refractivity contribution in [2.75, 3.05) is 5.73 Å². The highest BCUT2D eigenvalue weighted by molar-refractivity contribution is 5.61. The molecule has 1 atom stereocenters. The zero-order valence-electron chi connectivity index (χ0n) is 10.3. The molecule has 0 saturated carbocycles. The topological polar surface area (TPSA) is 56.7 Å². The third kappa shape index (κ3) is 2.46. The van der Waals surface area contributed by atoms with Gasteiger partial charge < -0.3 is 10.3 Å². The molecule has 0 fully saturated rings. The molecule has 17 heavy (non-hydrogen) atoms. The van der Waals surface area contributed by atoms with E-state index in [1.807, 2.05) is 24.7 Å². The third-order valence-electron chi connectivity index (χ3n) is 2.92. The van der Waals surface area contributed by atoms with E-state index >= 15 is 0 Å². The summed E-state index contributed by atoms with van der Waals surface area (Å²) in [7, 11) is 0. The van der Waals surface area contributed by atoms with Crippen LogP contribution in [0.15, 0.2) is 30.9 Å². The van der Waals surface area contributed by atoms with Crippen molar-refractivity contribution < 1.29 is 0 Å². The van der Waals surface area contributed by atoms with Crippen molar-refractivity contribution >= 4 is 5.82 Å². The Kier molecular flexibility index (Phi) is 3.42. The molecule has 0 aliphatic carbocycles. The van der Waals surface area contributed by atoms with Gasteiger partial charge in [0, 0.05) is 17.8 Å². The first-order valence-electron chi connectivity index (χ1n) is 5.96. The molecule has 0 amide bonds. The number of nitrogens with zero attached hydrogens (tertiary/aromatic N) is 3. The van der Waals surface area contributed by atoms with Gasteiger partial charge in [-0.05, 0) is 25.5 Å². The van der Waals surface area contributed by atoms with Gasteiger partial charge in [-0.1, -0.05) is 13.3 Å². The Bertz CT molecular complexity index is 490. The SMILES string of the molecule is CCCC(C)n1cncc1-c1ccnc(N)c1. The Labute approximate surface area is 102 Å². The monoisotopic (exact) mass is 230 g/mol. The van der Waals surface area contributed by atoms with Gasteiger partial charge >= 0.3 is 0 Å². The molecular weight excluding hydrogens is 212 g/mol. The average molecular weight is 230 g/mol. The number of imidazole rings is 1. The van der Waals surface area contributed by atoms with Crippen molar-refractivity contribution in [1.29, 1.82) is 0 Å². The maximum Gasteiger partial charge on any atom is 0.123 e. The van der Waals surface area contributed by atoms with E-state index in [9.17, 15) is 0 Å². The van der Waals surface area contributed by atoms with E-state index in [0.717, 1.165) is 24.1 Å². The Morgan fingerprint density at radius 2 is 2.29 bits per heavy atom. The number of hydrogen-bond acceptors (Lipinski definition) is 3. The first kappa shape index (κ1) is 11.6. The molecule has 0 bridgehead atoms. The Hall–Kier alpha value is -1.84. The van der Waals surface area contributed by atoms with Crippen LogP contribution in [0.4, 0.5) is 5.82 Å². The van der Waals surface area contributed by atoms with Gasteiger partial charge in [0.05, 0.1) is 18.2 Å². The maximum atomic E-state index is 5.71. The molecule has 0 aliphatic heterocycles. The molecular formula is C13H18N4. The summed E-state index contributed by atoms with van der Waals surface area (Å²) in [5, 5.41) is 0. The zero-order chi connectivity index (χ0) is 12.3. The molecule has 2 aromatic heterocycles. The lowest BCUT2D eigenvalue weighted by Crippen LogP contribution is -2.05. The summed E-state index contributed by atoms with van der Waals surface area (Å²) in [5.74, 6) is 0.540. The summed E-state index contributed by atoms with van der Waals surface area (Å²) >= 11 is 0. The largest absolute Gasteiger partial charge is 0.384 e. The van der Waals surface area contributed by atoms with Gasteiger partial charge in [-0.25, -0.2) is 9.97 Å². The highest BCUT2D eigenvalue weighted by Gasteiger charge is 2.10. The van der Waals surface area contributed by atoms with Crippen LogP contribution in [0.2, 0.25) is 0 Å². The summed E-state index contributed by atoms with van der Waals surface area (Å²) in [5.41, 5.74) is 7.87. The second-order valence-electron chi connectivity index (χ2n) is 4.29. The fraction of sp³-hybridized carbons (Fsp3) is 0.385. The van der Waals surface area contributed by atoms with Crippen LogP contribution in [-0.4, -0.2) is 14.5 Å². The van der Waals surface area contributed by atoms with Gasteiger partial charge in [0.2, 0.25) is 0 Å². The van der Waals surface area contributed by atoms with E-state index < -0.39 is 0 Å². The minimum atomic E-state index is 0.451. The predicted octanol–water partition coefficient (Wildman–Crippen LogP) is 2.89. The lowest BCUT2D eigenvalue weighted by Gasteiger charge is -2.15. The number of aromatic nitrogens is 3. The minimum absolute atomic E-state index is 0.451. The molecule has 0 aliphatic rings. The van der Waals surface area contributed by atoms with Crippen LogP contribution in [0.3, 0.4) is 0 Å². The number of hydrogen-bond donors (Lipinski definition) is 1. The molecule has 2 rings (SSSR count). The van der Waals surface area contributed by atoms with Crippen molar-refractivity contribution in [3.8, 4) is 11.3 Å². The quantitative estimate of drug-likeness (QED) is 0.878. The van der Waals surface area contributed by atoms with Crippen molar-refractivity contribution in [2.24, 2.45) is 0 Å². The number of nitrogens with two attached hydrogens (primary N) is 1. The van der Waals surface area contributed by atoms with E-state index in [-0.39, 0.29) is 0 Å².